The van der Waals surface area contributed by atoms with E-state index in [1.165, 1.54) is 7.11 Å². The monoisotopic (exact) mass is 246 g/mol. The van der Waals surface area contributed by atoms with Crippen molar-refractivity contribution in [3.05, 3.63) is 11.5 Å². The summed E-state index contributed by atoms with van der Waals surface area (Å²) in [6, 6.07) is 0. The van der Waals surface area contributed by atoms with E-state index in [1.807, 2.05) is 13.8 Å². The Bertz CT molecular complexity index is 294. The van der Waals surface area contributed by atoms with Gasteiger partial charge in [-0.25, -0.2) is 9.59 Å². The average Bonchev–Trinajstić information content (AvgIpc) is 2.80. The van der Waals surface area contributed by atoms with Gasteiger partial charge in [0.1, 0.15) is 5.57 Å². The molecule has 6 nitrogen and oxygen atoms in total. The van der Waals surface area contributed by atoms with Gasteiger partial charge in [-0.2, -0.15) is 0 Å². The standard InChI is InChI=1S/C9H12O6.C2H6/c1-3-13-7(10)6-4-5-14-8(6)15-9(11)12-2;1-2/h3-5H2,1-2H3;1-2H3. The lowest BCUT2D eigenvalue weighted by atomic mass is 10.2. The molecule has 0 aromatic carbocycles. The lowest BCUT2D eigenvalue weighted by molar-refractivity contribution is -0.138. The van der Waals surface area contributed by atoms with Crippen LogP contribution in [0, 0.1) is 0 Å². The number of hydrogen-bond donors (Lipinski definition) is 0. The zero-order valence-electron chi connectivity index (χ0n) is 10.6. The molecule has 0 aliphatic carbocycles. The summed E-state index contributed by atoms with van der Waals surface area (Å²) < 4.78 is 18.6. The number of carbonyl (C=O) groups is 2. The molecule has 6 heteroatoms. The van der Waals surface area contributed by atoms with Crippen LogP contribution in [0.1, 0.15) is 27.2 Å². The molecule has 0 aromatic heterocycles. The highest BCUT2D eigenvalue weighted by molar-refractivity contribution is 5.89. The fraction of sp³-hybridized carbons (Fsp3) is 0.636. The first kappa shape index (κ1) is 15.3. The van der Waals surface area contributed by atoms with Gasteiger partial charge in [-0.05, 0) is 6.92 Å². The van der Waals surface area contributed by atoms with E-state index < -0.39 is 12.1 Å². The van der Waals surface area contributed by atoms with Crippen LogP contribution in [0.15, 0.2) is 11.5 Å². The predicted octanol–water partition coefficient (Wildman–Crippen LogP) is 1.99. The number of esters is 1. The van der Waals surface area contributed by atoms with Gasteiger partial charge in [0.2, 0.25) is 0 Å². The summed E-state index contributed by atoms with van der Waals surface area (Å²) in [5, 5.41) is 0. The maximum absolute atomic E-state index is 11.3. The van der Waals surface area contributed by atoms with Crippen molar-refractivity contribution in [2.75, 3.05) is 20.3 Å². The highest BCUT2D eigenvalue weighted by Crippen LogP contribution is 2.21. The molecule has 1 aliphatic heterocycles. The van der Waals surface area contributed by atoms with Crippen molar-refractivity contribution >= 4 is 12.1 Å². The minimum absolute atomic E-state index is 0.125. The minimum atomic E-state index is -0.923. The van der Waals surface area contributed by atoms with Crippen molar-refractivity contribution in [2.45, 2.75) is 27.2 Å². The van der Waals surface area contributed by atoms with Crippen LogP contribution >= 0.6 is 0 Å². The molecule has 0 unspecified atom stereocenters. The van der Waals surface area contributed by atoms with E-state index >= 15 is 0 Å². The van der Waals surface area contributed by atoms with Crippen molar-refractivity contribution in [3.8, 4) is 0 Å². The largest absolute Gasteiger partial charge is 0.516 e. The second-order valence-corrected chi connectivity index (χ2v) is 2.64. The third-order valence-electron chi connectivity index (χ3n) is 1.70. The van der Waals surface area contributed by atoms with Crippen molar-refractivity contribution in [3.63, 3.8) is 0 Å². The summed E-state index contributed by atoms with van der Waals surface area (Å²) in [5.41, 5.74) is 0.224. The number of hydrogen-bond acceptors (Lipinski definition) is 6. The van der Waals surface area contributed by atoms with E-state index in [0.717, 1.165) is 0 Å². The highest BCUT2D eigenvalue weighted by Gasteiger charge is 2.27. The number of rotatable bonds is 3. The Balaban J connectivity index is 0.00000121. The summed E-state index contributed by atoms with van der Waals surface area (Å²) in [4.78, 5) is 22.1. The fourth-order valence-electron chi connectivity index (χ4n) is 1.05. The third kappa shape index (κ3) is 4.76. The molecule has 0 atom stereocenters. The third-order valence-corrected chi connectivity index (χ3v) is 1.70. The number of methoxy groups -OCH3 is 1. The second-order valence-electron chi connectivity index (χ2n) is 2.64. The van der Waals surface area contributed by atoms with Crippen LogP contribution in [0.2, 0.25) is 0 Å². The predicted molar refractivity (Wildman–Crippen MR) is 59.1 cm³/mol. The van der Waals surface area contributed by atoms with Crippen molar-refractivity contribution in [2.24, 2.45) is 0 Å². The van der Waals surface area contributed by atoms with Crippen LogP contribution in [0.3, 0.4) is 0 Å². The van der Waals surface area contributed by atoms with Crippen molar-refractivity contribution in [1.29, 1.82) is 0 Å². The molecule has 0 radical (unpaired) electrons. The Hall–Kier alpha value is -1.72. The van der Waals surface area contributed by atoms with Gasteiger partial charge in [-0.15, -0.1) is 0 Å². The van der Waals surface area contributed by atoms with Gasteiger partial charge in [0, 0.05) is 6.42 Å². The van der Waals surface area contributed by atoms with Gasteiger partial charge >= 0.3 is 18.1 Å². The zero-order valence-corrected chi connectivity index (χ0v) is 10.6. The molecule has 0 fully saturated rings. The van der Waals surface area contributed by atoms with Gasteiger partial charge in [0.25, 0.3) is 0 Å². The molecular weight excluding hydrogens is 228 g/mol. The van der Waals surface area contributed by atoms with E-state index in [0.29, 0.717) is 13.0 Å². The molecule has 1 heterocycles. The second kappa shape index (κ2) is 8.43. The first-order chi connectivity index (χ1) is 8.19. The normalized spacial score (nSPS) is 13.2. The Morgan fingerprint density at radius 3 is 2.53 bits per heavy atom. The lowest BCUT2D eigenvalue weighted by Crippen LogP contribution is -2.11. The van der Waals surface area contributed by atoms with E-state index in [4.69, 9.17) is 9.47 Å². The summed E-state index contributed by atoms with van der Waals surface area (Å²) in [6.45, 7) is 6.24. The summed E-state index contributed by atoms with van der Waals surface area (Å²) in [7, 11) is 1.17. The van der Waals surface area contributed by atoms with Gasteiger partial charge in [0.05, 0.1) is 20.3 Å². The molecular formula is C11H18O6. The molecule has 0 bridgehead atoms. The van der Waals surface area contributed by atoms with Crippen molar-refractivity contribution < 1.29 is 28.5 Å². The Morgan fingerprint density at radius 2 is 2.00 bits per heavy atom. The summed E-state index contributed by atoms with van der Waals surface area (Å²) in [5.74, 6) is -0.658. The van der Waals surface area contributed by atoms with Gasteiger partial charge in [0.15, 0.2) is 0 Å². The first-order valence-electron chi connectivity index (χ1n) is 5.48. The molecule has 98 valence electrons. The van der Waals surface area contributed by atoms with Gasteiger partial charge in [-0.1, -0.05) is 13.8 Å². The number of carbonyl (C=O) groups excluding carboxylic acids is 2. The molecule has 17 heavy (non-hydrogen) atoms. The number of ether oxygens (including phenoxy) is 4. The quantitative estimate of drug-likeness (QED) is 0.709. The molecule has 0 amide bonds. The Labute approximate surface area is 100 Å². The molecule has 0 spiro atoms. The SMILES string of the molecule is CC.CCOC(=O)C1=C(OC(=O)OC)OCC1. The maximum Gasteiger partial charge on any atom is 0.516 e. The van der Waals surface area contributed by atoms with Gasteiger partial charge < -0.3 is 18.9 Å². The molecule has 1 rings (SSSR count). The zero-order chi connectivity index (χ0) is 13.3. The van der Waals surface area contributed by atoms with Gasteiger partial charge in [-0.3, -0.25) is 0 Å². The fourth-order valence-corrected chi connectivity index (χ4v) is 1.05. The average molecular weight is 246 g/mol. The molecule has 0 saturated carbocycles. The Kier molecular flexibility index (Phi) is 7.58. The topological polar surface area (TPSA) is 71.1 Å². The van der Waals surface area contributed by atoms with E-state index in [9.17, 15) is 9.59 Å². The summed E-state index contributed by atoms with van der Waals surface area (Å²) in [6.07, 6.45) is -0.556. The van der Waals surface area contributed by atoms with Crippen LogP contribution in [0.25, 0.3) is 0 Å². The highest BCUT2D eigenvalue weighted by atomic mass is 16.8. The van der Waals surface area contributed by atoms with Crippen molar-refractivity contribution in [1.82, 2.24) is 0 Å². The van der Waals surface area contributed by atoms with Crippen LogP contribution in [0.4, 0.5) is 4.79 Å². The smallest absolute Gasteiger partial charge is 0.464 e. The first-order valence-corrected chi connectivity index (χ1v) is 5.48. The van der Waals surface area contributed by atoms with E-state index in [-0.39, 0.29) is 18.1 Å². The van der Waals surface area contributed by atoms with Crippen LogP contribution in [-0.4, -0.2) is 32.4 Å². The van der Waals surface area contributed by atoms with Crippen LogP contribution in [0.5, 0.6) is 0 Å². The maximum atomic E-state index is 11.3. The molecule has 0 saturated heterocycles. The lowest BCUT2D eigenvalue weighted by Gasteiger charge is -2.05. The van der Waals surface area contributed by atoms with E-state index in [1.54, 1.807) is 6.92 Å². The molecule has 0 aromatic rings. The van der Waals surface area contributed by atoms with Crippen LogP contribution in [-0.2, 0) is 23.7 Å². The minimum Gasteiger partial charge on any atom is -0.464 e. The summed E-state index contributed by atoms with van der Waals surface area (Å²) >= 11 is 0. The van der Waals surface area contributed by atoms with Crippen LogP contribution < -0.4 is 0 Å². The molecule has 0 N–H and O–H groups in total. The Morgan fingerprint density at radius 1 is 1.35 bits per heavy atom. The molecule has 1 aliphatic rings. The van der Waals surface area contributed by atoms with E-state index in [2.05, 4.69) is 9.47 Å².